The average molecular weight is 456 g/mol. The molecule has 2 bridgehead atoms. The van der Waals surface area contributed by atoms with Crippen molar-refractivity contribution in [3.05, 3.63) is 77.0 Å². The Labute approximate surface area is 193 Å². The van der Waals surface area contributed by atoms with Crippen molar-refractivity contribution >= 4 is 5.82 Å². The molecule has 2 aliphatic heterocycles. The van der Waals surface area contributed by atoms with Gasteiger partial charge in [-0.05, 0) is 42.7 Å². The Balaban J connectivity index is 1.74. The third-order valence-electron chi connectivity index (χ3n) is 6.56. The van der Waals surface area contributed by atoms with Crippen molar-refractivity contribution in [3.63, 3.8) is 0 Å². The lowest BCUT2D eigenvalue weighted by Crippen LogP contribution is -2.11. The molecule has 6 rings (SSSR count). The average Bonchev–Trinajstić information content (AvgIpc) is 3.39. The van der Waals surface area contributed by atoms with Crippen molar-refractivity contribution in [2.24, 2.45) is 0 Å². The summed E-state index contributed by atoms with van der Waals surface area (Å²) in [6, 6.07) is 8.10. The molecule has 0 fully saturated rings. The molecule has 3 aromatic heterocycles. The van der Waals surface area contributed by atoms with Crippen LogP contribution in [-0.4, -0.2) is 19.7 Å². The van der Waals surface area contributed by atoms with E-state index in [1.54, 1.807) is 36.1 Å². The molecule has 0 aliphatic carbocycles. The molecular weight excluding hydrogens is 438 g/mol. The standard InChI is InChI=1S/C25H18F2N6O/c1-12-17-7-14(26)2-3-15(17)23-18(10-30-11-19(23)27)16-4-5-33-24(16)22(20(8-28)32-33)13-6-21(34-12)25(29)31-9-13/h2-3,6-7,9-12,16H,4-5H2,1H3,(H2,29,31)/t12-,16?/m1/s1. The molecule has 9 heteroatoms. The van der Waals surface area contributed by atoms with Crippen LogP contribution in [0.3, 0.4) is 0 Å². The molecule has 0 saturated carbocycles. The summed E-state index contributed by atoms with van der Waals surface area (Å²) >= 11 is 0. The molecule has 7 nitrogen and oxygen atoms in total. The van der Waals surface area contributed by atoms with Crippen LogP contribution in [0.4, 0.5) is 14.6 Å². The third kappa shape index (κ3) is 2.88. The minimum atomic E-state index is -0.675. The van der Waals surface area contributed by atoms with Crippen LogP contribution in [0.25, 0.3) is 22.3 Å². The summed E-state index contributed by atoms with van der Waals surface area (Å²) in [4.78, 5) is 8.41. The van der Waals surface area contributed by atoms with E-state index >= 15 is 4.39 Å². The molecule has 168 valence electrons. The monoisotopic (exact) mass is 456 g/mol. The van der Waals surface area contributed by atoms with E-state index in [9.17, 15) is 9.65 Å². The SMILES string of the molecule is C[C@H]1Oc2cc(cnc2N)-c2c(C#N)nn3c2C(CC3)c2cncc(F)c2-c2ccc(F)cc21. The zero-order valence-corrected chi connectivity index (χ0v) is 18.1. The van der Waals surface area contributed by atoms with E-state index in [2.05, 4.69) is 21.1 Å². The summed E-state index contributed by atoms with van der Waals surface area (Å²) in [7, 11) is 0. The largest absolute Gasteiger partial charge is 0.482 e. The third-order valence-corrected chi connectivity index (χ3v) is 6.56. The topological polar surface area (TPSA) is 103 Å². The summed E-state index contributed by atoms with van der Waals surface area (Å²) in [5.41, 5.74) is 10.3. The smallest absolute Gasteiger partial charge is 0.170 e. The molecule has 2 N–H and O–H groups in total. The van der Waals surface area contributed by atoms with Gasteiger partial charge in [0.1, 0.15) is 23.8 Å². The molecule has 1 aromatic carbocycles. The maximum absolute atomic E-state index is 15.4. The Morgan fingerprint density at radius 3 is 2.82 bits per heavy atom. The van der Waals surface area contributed by atoms with Crippen molar-refractivity contribution in [1.29, 1.82) is 5.26 Å². The molecule has 1 unspecified atom stereocenters. The van der Waals surface area contributed by atoms with Crippen molar-refractivity contribution in [2.75, 3.05) is 5.73 Å². The molecule has 0 saturated heterocycles. The number of rotatable bonds is 0. The van der Waals surface area contributed by atoms with Crippen molar-refractivity contribution in [3.8, 4) is 34.1 Å². The quantitative estimate of drug-likeness (QED) is 0.410. The van der Waals surface area contributed by atoms with Crippen LogP contribution in [0.15, 0.2) is 42.9 Å². The molecule has 0 radical (unpaired) electrons. The number of anilines is 1. The summed E-state index contributed by atoms with van der Waals surface area (Å²) in [5.74, 6) is -0.821. The number of nitrogens with zero attached hydrogens (tertiary/aromatic N) is 5. The molecule has 5 heterocycles. The van der Waals surface area contributed by atoms with Crippen LogP contribution < -0.4 is 10.5 Å². The second-order valence-corrected chi connectivity index (χ2v) is 8.47. The fourth-order valence-electron chi connectivity index (χ4n) is 5.09. The van der Waals surface area contributed by atoms with Crippen molar-refractivity contribution < 1.29 is 13.5 Å². The number of hydrogen-bond donors (Lipinski definition) is 1. The fraction of sp³-hybridized carbons (Fsp3) is 0.200. The van der Waals surface area contributed by atoms with E-state index in [0.717, 1.165) is 11.9 Å². The van der Waals surface area contributed by atoms with Crippen LogP contribution >= 0.6 is 0 Å². The summed E-state index contributed by atoms with van der Waals surface area (Å²) in [6.45, 7) is 2.30. The summed E-state index contributed by atoms with van der Waals surface area (Å²) < 4.78 is 37.7. The van der Waals surface area contributed by atoms with Gasteiger partial charge in [-0.1, -0.05) is 6.07 Å². The van der Waals surface area contributed by atoms with E-state index in [1.807, 2.05) is 0 Å². The molecule has 0 amide bonds. The minimum absolute atomic E-state index is 0.153. The summed E-state index contributed by atoms with van der Waals surface area (Å²) in [5, 5.41) is 14.3. The number of ether oxygens (including phenoxy) is 1. The highest BCUT2D eigenvalue weighted by Gasteiger charge is 2.35. The molecule has 34 heavy (non-hydrogen) atoms. The second kappa shape index (κ2) is 7.35. The van der Waals surface area contributed by atoms with Crippen LogP contribution in [-0.2, 0) is 6.54 Å². The first-order valence-electron chi connectivity index (χ1n) is 10.8. The van der Waals surface area contributed by atoms with E-state index in [0.29, 0.717) is 46.3 Å². The van der Waals surface area contributed by atoms with Gasteiger partial charge >= 0.3 is 0 Å². The van der Waals surface area contributed by atoms with Crippen LogP contribution in [0.2, 0.25) is 0 Å². The Kier molecular flexibility index (Phi) is 4.39. The van der Waals surface area contributed by atoms with Gasteiger partial charge in [0, 0.05) is 47.1 Å². The number of aromatic nitrogens is 4. The van der Waals surface area contributed by atoms with Gasteiger partial charge in [-0.3, -0.25) is 9.67 Å². The molecule has 2 aliphatic rings. The zero-order chi connectivity index (χ0) is 23.6. The van der Waals surface area contributed by atoms with Gasteiger partial charge in [0.05, 0.1) is 11.9 Å². The Morgan fingerprint density at radius 1 is 1.15 bits per heavy atom. The van der Waals surface area contributed by atoms with Gasteiger partial charge < -0.3 is 10.5 Å². The van der Waals surface area contributed by atoms with Crippen molar-refractivity contribution in [1.82, 2.24) is 19.7 Å². The van der Waals surface area contributed by atoms with E-state index in [-0.39, 0.29) is 23.2 Å². The first-order valence-corrected chi connectivity index (χ1v) is 10.8. The van der Waals surface area contributed by atoms with Crippen LogP contribution in [0.1, 0.15) is 47.9 Å². The van der Waals surface area contributed by atoms with Gasteiger partial charge in [-0.15, -0.1) is 0 Å². The van der Waals surface area contributed by atoms with Gasteiger partial charge in [0.25, 0.3) is 0 Å². The number of aryl methyl sites for hydroxylation is 1. The lowest BCUT2D eigenvalue weighted by Gasteiger charge is -2.24. The van der Waals surface area contributed by atoms with Crippen LogP contribution in [0.5, 0.6) is 5.75 Å². The van der Waals surface area contributed by atoms with E-state index in [1.165, 1.54) is 12.1 Å². The second-order valence-electron chi connectivity index (χ2n) is 8.47. The molecular formula is C25H18F2N6O. The number of hydrogen-bond acceptors (Lipinski definition) is 6. The number of benzene rings is 1. The van der Waals surface area contributed by atoms with Gasteiger partial charge in [-0.25, -0.2) is 13.8 Å². The first kappa shape index (κ1) is 20.3. The number of nitrogens with two attached hydrogens (primary N) is 1. The molecule has 4 aromatic rings. The predicted molar refractivity (Wildman–Crippen MR) is 120 cm³/mol. The highest BCUT2D eigenvalue weighted by atomic mass is 19.1. The number of pyridine rings is 2. The maximum atomic E-state index is 15.4. The molecule has 2 atom stereocenters. The number of halogens is 2. The van der Waals surface area contributed by atoms with Gasteiger partial charge in [-0.2, -0.15) is 10.4 Å². The van der Waals surface area contributed by atoms with E-state index in [4.69, 9.17) is 10.5 Å². The highest BCUT2D eigenvalue weighted by Crippen LogP contribution is 2.47. The van der Waals surface area contributed by atoms with Crippen molar-refractivity contribution in [2.45, 2.75) is 31.9 Å². The number of nitrogen functional groups attached to an aromatic ring is 1. The van der Waals surface area contributed by atoms with Crippen LogP contribution in [0, 0.1) is 23.0 Å². The minimum Gasteiger partial charge on any atom is -0.482 e. The first-order chi connectivity index (χ1) is 16.5. The van der Waals surface area contributed by atoms with Gasteiger partial charge in [0.2, 0.25) is 0 Å². The summed E-state index contributed by atoms with van der Waals surface area (Å²) in [6.07, 6.45) is 4.34. The number of fused-ring (bicyclic) bond motifs is 7. The number of nitriles is 1. The Bertz CT molecular complexity index is 1520. The Morgan fingerprint density at radius 2 is 2.00 bits per heavy atom. The lowest BCUT2D eigenvalue weighted by atomic mass is 9.84. The maximum Gasteiger partial charge on any atom is 0.170 e. The fourth-order valence-corrected chi connectivity index (χ4v) is 5.09. The predicted octanol–water partition coefficient (Wildman–Crippen LogP) is 4.73. The van der Waals surface area contributed by atoms with Gasteiger partial charge in [0.15, 0.2) is 17.3 Å². The highest BCUT2D eigenvalue weighted by molar-refractivity contribution is 5.78. The zero-order valence-electron chi connectivity index (χ0n) is 18.1. The Hall–Kier alpha value is -4.32. The molecule has 0 spiro atoms. The van der Waals surface area contributed by atoms with E-state index < -0.39 is 17.7 Å². The normalized spacial score (nSPS) is 17.9. The lowest BCUT2D eigenvalue weighted by molar-refractivity contribution is 0.227.